The highest BCUT2D eigenvalue weighted by Gasteiger charge is 2.00. The van der Waals surface area contributed by atoms with Crippen LogP contribution in [0.5, 0.6) is 0 Å². The van der Waals surface area contributed by atoms with E-state index in [0.29, 0.717) is 12.5 Å². The van der Waals surface area contributed by atoms with Gasteiger partial charge in [0.1, 0.15) is 0 Å². The van der Waals surface area contributed by atoms with E-state index < -0.39 is 0 Å². The minimum Gasteiger partial charge on any atom is -0.396 e. The van der Waals surface area contributed by atoms with E-state index in [1.807, 2.05) is 0 Å². The van der Waals surface area contributed by atoms with Gasteiger partial charge in [-0.15, -0.1) is 0 Å². The maximum absolute atomic E-state index is 8.80. The van der Waals surface area contributed by atoms with Gasteiger partial charge in [0.25, 0.3) is 0 Å². The Hall–Kier alpha value is -0.0400. The van der Waals surface area contributed by atoms with Crippen molar-refractivity contribution in [1.82, 2.24) is 0 Å². The molecule has 0 aliphatic rings. The summed E-state index contributed by atoms with van der Waals surface area (Å²) in [5.41, 5.74) is 0. The standard InChI is InChI=1S/C16H34O/c1-3-4-5-6-7-8-9-10-11-12-13-16(2)14-15-17/h16-17H,3-15H2,1-2H3/t16-/m1/s1. The van der Waals surface area contributed by atoms with Gasteiger partial charge in [-0.2, -0.15) is 0 Å². The van der Waals surface area contributed by atoms with Crippen LogP contribution >= 0.6 is 0 Å². The van der Waals surface area contributed by atoms with Crippen LogP contribution in [0.3, 0.4) is 0 Å². The second-order valence-corrected chi connectivity index (χ2v) is 5.59. The van der Waals surface area contributed by atoms with Crippen molar-refractivity contribution >= 4 is 0 Å². The topological polar surface area (TPSA) is 20.2 Å². The Balaban J connectivity index is 2.98. The fourth-order valence-corrected chi connectivity index (χ4v) is 2.34. The third-order valence-electron chi connectivity index (χ3n) is 3.67. The Morgan fingerprint density at radius 2 is 1.18 bits per heavy atom. The Morgan fingerprint density at radius 1 is 0.706 bits per heavy atom. The van der Waals surface area contributed by atoms with Crippen molar-refractivity contribution in [1.29, 1.82) is 0 Å². The molecule has 0 aliphatic carbocycles. The number of hydrogen-bond acceptors (Lipinski definition) is 1. The van der Waals surface area contributed by atoms with E-state index in [1.165, 1.54) is 70.6 Å². The number of unbranched alkanes of at least 4 members (excludes halogenated alkanes) is 9. The predicted molar refractivity (Wildman–Crippen MR) is 77.3 cm³/mol. The van der Waals surface area contributed by atoms with Crippen LogP contribution in [-0.4, -0.2) is 11.7 Å². The Labute approximate surface area is 109 Å². The summed E-state index contributed by atoms with van der Waals surface area (Å²) in [6.45, 7) is 4.89. The van der Waals surface area contributed by atoms with Gasteiger partial charge in [0, 0.05) is 6.61 Å². The summed E-state index contributed by atoms with van der Waals surface area (Å²) >= 11 is 0. The lowest BCUT2D eigenvalue weighted by Crippen LogP contribution is -1.97. The molecule has 0 saturated carbocycles. The first-order valence-corrected chi connectivity index (χ1v) is 7.92. The van der Waals surface area contributed by atoms with Gasteiger partial charge in [-0.3, -0.25) is 0 Å². The molecule has 17 heavy (non-hydrogen) atoms. The number of aliphatic hydroxyl groups excluding tert-OH is 1. The van der Waals surface area contributed by atoms with Crippen LogP contribution in [-0.2, 0) is 0 Å². The smallest absolute Gasteiger partial charge is 0.0433 e. The largest absolute Gasteiger partial charge is 0.396 e. The molecular weight excluding hydrogens is 208 g/mol. The highest BCUT2D eigenvalue weighted by atomic mass is 16.3. The van der Waals surface area contributed by atoms with Gasteiger partial charge >= 0.3 is 0 Å². The molecule has 0 radical (unpaired) electrons. The lowest BCUT2D eigenvalue weighted by molar-refractivity contribution is 0.256. The van der Waals surface area contributed by atoms with Crippen LogP contribution in [0.2, 0.25) is 0 Å². The van der Waals surface area contributed by atoms with Gasteiger partial charge in [0.2, 0.25) is 0 Å². The second kappa shape index (κ2) is 14.0. The van der Waals surface area contributed by atoms with Crippen molar-refractivity contribution < 1.29 is 5.11 Å². The van der Waals surface area contributed by atoms with Crippen LogP contribution in [0.15, 0.2) is 0 Å². The Kier molecular flexibility index (Phi) is 14.0. The van der Waals surface area contributed by atoms with Gasteiger partial charge in [0.15, 0.2) is 0 Å². The van der Waals surface area contributed by atoms with Gasteiger partial charge in [0.05, 0.1) is 0 Å². The lowest BCUT2D eigenvalue weighted by atomic mass is 9.99. The molecule has 0 amide bonds. The monoisotopic (exact) mass is 242 g/mol. The SMILES string of the molecule is CCCCCCCCCCCC[C@@H](C)CCO. The fraction of sp³-hybridized carbons (Fsp3) is 1.00. The van der Waals surface area contributed by atoms with E-state index in [4.69, 9.17) is 5.11 Å². The van der Waals surface area contributed by atoms with E-state index >= 15 is 0 Å². The van der Waals surface area contributed by atoms with Crippen molar-refractivity contribution in [3.8, 4) is 0 Å². The summed E-state index contributed by atoms with van der Waals surface area (Å²) in [6, 6.07) is 0. The molecule has 1 N–H and O–H groups in total. The first-order valence-electron chi connectivity index (χ1n) is 7.92. The Morgan fingerprint density at radius 3 is 1.65 bits per heavy atom. The molecule has 1 nitrogen and oxygen atoms in total. The van der Waals surface area contributed by atoms with Crippen molar-refractivity contribution in [2.45, 2.75) is 90.9 Å². The van der Waals surface area contributed by atoms with Crippen molar-refractivity contribution in [3.05, 3.63) is 0 Å². The maximum Gasteiger partial charge on any atom is 0.0433 e. The van der Waals surface area contributed by atoms with Gasteiger partial charge in [-0.25, -0.2) is 0 Å². The van der Waals surface area contributed by atoms with E-state index in [9.17, 15) is 0 Å². The molecule has 1 atom stereocenters. The molecule has 104 valence electrons. The van der Waals surface area contributed by atoms with Crippen molar-refractivity contribution in [2.24, 2.45) is 5.92 Å². The minimum atomic E-state index is 0.360. The third-order valence-corrected chi connectivity index (χ3v) is 3.67. The highest BCUT2D eigenvalue weighted by molar-refractivity contribution is 4.53. The predicted octanol–water partition coefficient (Wildman–Crippen LogP) is 5.32. The summed E-state index contributed by atoms with van der Waals surface area (Å²) in [6.07, 6.45) is 16.4. The van der Waals surface area contributed by atoms with Gasteiger partial charge in [-0.1, -0.05) is 84.5 Å². The number of hydrogen-bond donors (Lipinski definition) is 1. The number of aliphatic hydroxyl groups is 1. The van der Waals surface area contributed by atoms with Crippen LogP contribution in [0.4, 0.5) is 0 Å². The molecule has 0 rings (SSSR count). The van der Waals surface area contributed by atoms with Crippen molar-refractivity contribution in [3.63, 3.8) is 0 Å². The molecule has 0 fully saturated rings. The zero-order valence-electron chi connectivity index (χ0n) is 12.2. The summed E-state index contributed by atoms with van der Waals surface area (Å²) < 4.78 is 0. The molecule has 0 aromatic heterocycles. The molecule has 0 spiro atoms. The Bertz CT molecular complexity index is 133. The number of rotatable bonds is 13. The summed E-state index contributed by atoms with van der Waals surface area (Å²) in [5.74, 6) is 0.717. The molecular formula is C16H34O. The quantitative estimate of drug-likeness (QED) is 0.434. The average Bonchev–Trinajstić information content (AvgIpc) is 2.32. The van der Waals surface area contributed by atoms with Crippen LogP contribution in [0.1, 0.15) is 90.9 Å². The highest BCUT2D eigenvalue weighted by Crippen LogP contribution is 2.15. The minimum absolute atomic E-state index is 0.360. The lowest BCUT2D eigenvalue weighted by Gasteiger charge is -2.08. The van der Waals surface area contributed by atoms with Crippen LogP contribution in [0, 0.1) is 5.92 Å². The molecule has 0 bridgehead atoms. The van der Waals surface area contributed by atoms with Gasteiger partial charge < -0.3 is 5.11 Å². The average molecular weight is 242 g/mol. The van der Waals surface area contributed by atoms with E-state index in [0.717, 1.165) is 6.42 Å². The van der Waals surface area contributed by atoms with Crippen LogP contribution < -0.4 is 0 Å². The molecule has 0 aromatic rings. The molecule has 1 heteroatoms. The normalized spacial score (nSPS) is 12.9. The first kappa shape index (κ1) is 17.0. The molecule has 0 heterocycles. The zero-order valence-corrected chi connectivity index (χ0v) is 12.2. The van der Waals surface area contributed by atoms with Crippen molar-refractivity contribution in [2.75, 3.05) is 6.61 Å². The van der Waals surface area contributed by atoms with E-state index in [-0.39, 0.29) is 0 Å². The molecule has 0 saturated heterocycles. The zero-order chi connectivity index (χ0) is 12.8. The van der Waals surface area contributed by atoms with E-state index in [1.54, 1.807) is 0 Å². The van der Waals surface area contributed by atoms with Crippen LogP contribution in [0.25, 0.3) is 0 Å². The van der Waals surface area contributed by atoms with Gasteiger partial charge in [-0.05, 0) is 12.3 Å². The second-order valence-electron chi connectivity index (χ2n) is 5.59. The van der Waals surface area contributed by atoms with E-state index in [2.05, 4.69) is 13.8 Å². The maximum atomic E-state index is 8.80. The molecule has 0 unspecified atom stereocenters. The molecule has 0 aliphatic heterocycles. The molecule has 0 aromatic carbocycles. The first-order chi connectivity index (χ1) is 8.31. The summed E-state index contributed by atoms with van der Waals surface area (Å²) in [4.78, 5) is 0. The third kappa shape index (κ3) is 13.9. The fourth-order valence-electron chi connectivity index (χ4n) is 2.34. The summed E-state index contributed by atoms with van der Waals surface area (Å²) in [7, 11) is 0. The summed E-state index contributed by atoms with van der Waals surface area (Å²) in [5, 5.41) is 8.80.